The van der Waals surface area contributed by atoms with Crippen LogP contribution in [0.1, 0.15) is 13.3 Å². The number of aliphatic hydroxyl groups is 1. The van der Waals surface area contributed by atoms with Crippen LogP contribution in [0.2, 0.25) is 0 Å². The zero-order chi connectivity index (χ0) is 6.20. The maximum Gasteiger partial charge on any atom is 0.0613 e. The van der Waals surface area contributed by atoms with Gasteiger partial charge in [-0.1, -0.05) is 0 Å². The summed E-state index contributed by atoms with van der Waals surface area (Å²) in [6, 6.07) is 0. The zero-order valence-electron chi connectivity index (χ0n) is 5.52. The van der Waals surface area contributed by atoms with Crippen molar-refractivity contribution >= 4 is 0 Å². The first kappa shape index (κ1) is 6.05. The van der Waals surface area contributed by atoms with Gasteiger partial charge in [-0.25, -0.2) is 0 Å². The first-order valence-electron chi connectivity index (χ1n) is 3.01. The van der Waals surface area contributed by atoms with E-state index in [4.69, 9.17) is 5.11 Å². The molecule has 2 heteroatoms. The molecule has 8 heavy (non-hydrogen) atoms. The predicted molar refractivity (Wildman–Crippen MR) is 32.7 cm³/mol. The molecule has 0 aromatic carbocycles. The van der Waals surface area contributed by atoms with E-state index in [9.17, 15) is 0 Å². The molecule has 2 nitrogen and oxygen atoms in total. The van der Waals surface area contributed by atoms with Gasteiger partial charge in [0.05, 0.1) is 6.61 Å². The SMILES string of the molecule is CN1CC[C@]1(C)CO. The molecule has 0 aromatic heterocycles. The van der Waals surface area contributed by atoms with Crippen LogP contribution in [0.5, 0.6) is 0 Å². The first-order chi connectivity index (χ1) is 3.69. The Bertz CT molecular complexity index is 90.5. The van der Waals surface area contributed by atoms with Crippen LogP contribution in [0.4, 0.5) is 0 Å². The van der Waals surface area contributed by atoms with Crippen LogP contribution in [0.3, 0.4) is 0 Å². The van der Waals surface area contributed by atoms with Gasteiger partial charge in [-0.15, -0.1) is 0 Å². The highest BCUT2D eigenvalue weighted by atomic mass is 16.3. The van der Waals surface area contributed by atoms with Gasteiger partial charge in [-0.2, -0.15) is 0 Å². The number of nitrogens with zero attached hydrogens (tertiary/aromatic N) is 1. The van der Waals surface area contributed by atoms with Crippen molar-refractivity contribution in [2.75, 3.05) is 20.2 Å². The van der Waals surface area contributed by atoms with Crippen LogP contribution in [0.15, 0.2) is 0 Å². The number of hydrogen-bond donors (Lipinski definition) is 1. The maximum atomic E-state index is 8.77. The molecule has 0 aromatic rings. The summed E-state index contributed by atoms with van der Waals surface area (Å²) >= 11 is 0. The third-order valence-electron chi connectivity index (χ3n) is 2.25. The minimum atomic E-state index is 0.111. The fraction of sp³-hybridized carbons (Fsp3) is 1.00. The summed E-state index contributed by atoms with van der Waals surface area (Å²) in [5.41, 5.74) is 0.111. The van der Waals surface area contributed by atoms with Gasteiger partial charge in [0.25, 0.3) is 0 Å². The molecule has 0 bridgehead atoms. The molecular formula is C6H13NO. The molecule has 0 aliphatic carbocycles. The van der Waals surface area contributed by atoms with E-state index < -0.39 is 0 Å². The van der Waals surface area contributed by atoms with Crippen LogP contribution in [0.25, 0.3) is 0 Å². The summed E-state index contributed by atoms with van der Waals surface area (Å²) in [5.74, 6) is 0. The molecular weight excluding hydrogens is 102 g/mol. The minimum absolute atomic E-state index is 0.111. The van der Waals surface area contributed by atoms with Gasteiger partial charge in [0, 0.05) is 12.1 Å². The molecule has 1 atom stereocenters. The van der Waals surface area contributed by atoms with E-state index in [2.05, 4.69) is 11.8 Å². The molecule has 1 N–H and O–H groups in total. The third-order valence-corrected chi connectivity index (χ3v) is 2.25. The molecule has 0 spiro atoms. The quantitative estimate of drug-likeness (QED) is 0.523. The number of aliphatic hydroxyl groups excluding tert-OH is 1. The number of rotatable bonds is 1. The second kappa shape index (κ2) is 1.71. The highest BCUT2D eigenvalue weighted by Gasteiger charge is 2.36. The summed E-state index contributed by atoms with van der Waals surface area (Å²) in [6.45, 7) is 3.51. The fourth-order valence-corrected chi connectivity index (χ4v) is 0.917. The van der Waals surface area contributed by atoms with Gasteiger partial charge < -0.3 is 5.11 Å². The number of likely N-dealkylation sites (tertiary alicyclic amines) is 1. The van der Waals surface area contributed by atoms with E-state index in [1.54, 1.807) is 0 Å². The molecule has 48 valence electrons. The lowest BCUT2D eigenvalue weighted by Crippen LogP contribution is -2.57. The predicted octanol–water partition coefficient (Wildman–Crippen LogP) is 0.0729. The number of hydrogen-bond acceptors (Lipinski definition) is 2. The van der Waals surface area contributed by atoms with Gasteiger partial charge in [0.2, 0.25) is 0 Å². The van der Waals surface area contributed by atoms with Crippen molar-refractivity contribution in [2.24, 2.45) is 0 Å². The van der Waals surface area contributed by atoms with Crippen molar-refractivity contribution in [3.05, 3.63) is 0 Å². The van der Waals surface area contributed by atoms with Crippen LogP contribution in [-0.2, 0) is 0 Å². The smallest absolute Gasteiger partial charge is 0.0613 e. The summed E-state index contributed by atoms with van der Waals surface area (Å²) in [6.07, 6.45) is 1.14. The van der Waals surface area contributed by atoms with Gasteiger partial charge in [0.15, 0.2) is 0 Å². The molecule has 0 radical (unpaired) electrons. The Morgan fingerprint density at radius 2 is 2.38 bits per heavy atom. The summed E-state index contributed by atoms with van der Waals surface area (Å²) in [5, 5.41) is 8.77. The molecule has 1 heterocycles. The standard InChI is InChI=1S/C6H13NO/c1-6(5-8)3-4-7(6)2/h8H,3-5H2,1-2H3/t6-/m1/s1. The van der Waals surface area contributed by atoms with Gasteiger partial charge in [-0.05, 0) is 20.4 Å². The summed E-state index contributed by atoms with van der Waals surface area (Å²) < 4.78 is 0. The zero-order valence-corrected chi connectivity index (χ0v) is 5.52. The van der Waals surface area contributed by atoms with E-state index in [0.717, 1.165) is 13.0 Å². The lowest BCUT2D eigenvalue weighted by molar-refractivity contribution is -0.0190. The third kappa shape index (κ3) is 0.644. The average Bonchev–Trinajstić information content (AvgIpc) is 1.83. The maximum absolute atomic E-state index is 8.77. The Labute approximate surface area is 50.1 Å². The van der Waals surface area contributed by atoms with Crippen LogP contribution >= 0.6 is 0 Å². The largest absolute Gasteiger partial charge is 0.394 e. The lowest BCUT2D eigenvalue weighted by Gasteiger charge is -2.47. The van der Waals surface area contributed by atoms with E-state index in [-0.39, 0.29) is 5.54 Å². The van der Waals surface area contributed by atoms with Gasteiger partial charge >= 0.3 is 0 Å². The van der Waals surface area contributed by atoms with Gasteiger partial charge in [0.1, 0.15) is 0 Å². The monoisotopic (exact) mass is 115 g/mol. The van der Waals surface area contributed by atoms with Crippen LogP contribution in [-0.4, -0.2) is 35.7 Å². The van der Waals surface area contributed by atoms with E-state index in [1.165, 1.54) is 0 Å². The molecule has 0 saturated carbocycles. The van der Waals surface area contributed by atoms with Crippen LogP contribution in [0, 0.1) is 0 Å². The van der Waals surface area contributed by atoms with Crippen molar-refractivity contribution in [2.45, 2.75) is 18.9 Å². The normalized spacial score (nSPS) is 39.4. The molecule has 1 aliphatic rings. The average molecular weight is 115 g/mol. The van der Waals surface area contributed by atoms with Crippen molar-refractivity contribution < 1.29 is 5.11 Å². The highest BCUT2D eigenvalue weighted by Crippen LogP contribution is 2.26. The van der Waals surface area contributed by atoms with Crippen molar-refractivity contribution in [3.63, 3.8) is 0 Å². The van der Waals surface area contributed by atoms with Gasteiger partial charge in [-0.3, -0.25) is 4.90 Å². The Balaban J connectivity index is 2.42. The summed E-state index contributed by atoms with van der Waals surface area (Å²) in [7, 11) is 2.04. The van der Waals surface area contributed by atoms with Crippen molar-refractivity contribution in [1.29, 1.82) is 0 Å². The Hall–Kier alpha value is -0.0800. The molecule has 1 fully saturated rings. The summed E-state index contributed by atoms with van der Waals surface area (Å²) in [4.78, 5) is 2.17. The first-order valence-corrected chi connectivity index (χ1v) is 3.01. The van der Waals surface area contributed by atoms with Crippen molar-refractivity contribution in [3.8, 4) is 0 Å². The fourth-order valence-electron chi connectivity index (χ4n) is 0.917. The van der Waals surface area contributed by atoms with Crippen LogP contribution < -0.4 is 0 Å². The lowest BCUT2D eigenvalue weighted by atomic mass is 9.89. The van der Waals surface area contributed by atoms with E-state index in [1.807, 2.05) is 7.05 Å². The highest BCUT2D eigenvalue weighted by molar-refractivity contribution is 4.92. The molecule has 1 saturated heterocycles. The Kier molecular flexibility index (Phi) is 1.29. The minimum Gasteiger partial charge on any atom is -0.394 e. The molecule has 1 rings (SSSR count). The molecule has 0 amide bonds. The second-order valence-corrected chi connectivity index (χ2v) is 2.83. The van der Waals surface area contributed by atoms with E-state index >= 15 is 0 Å². The molecule has 1 aliphatic heterocycles. The van der Waals surface area contributed by atoms with E-state index in [0.29, 0.717) is 6.61 Å². The Morgan fingerprint density at radius 3 is 2.38 bits per heavy atom. The topological polar surface area (TPSA) is 23.5 Å². The molecule has 0 unspecified atom stereocenters. The second-order valence-electron chi connectivity index (χ2n) is 2.83. The van der Waals surface area contributed by atoms with Crippen molar-refractivity contribution in [1.82, 2.24) is 4.90 Å². The number of likely N-dealkylation sites (N-methyl/N-ethyl adjacent to an activating group) is 1. The Morgan fingerprint density at radius 1 is 1.75 bits per heavy atom.